The molecule has 1 aromatic heterocycles. The van der Waals surface area contributed by atoms with E-state index in [0.717, 1.165) is 54.7 Å². The van der Waals surface area contributed by atoms with Crippen molar-refractivity contribution in [3.63, 3.8) is 0 Å². The summed E-state index contributed by atoms with van der Waals surface area (Å²) in [7, 11) is 1.81. The summed E-state index contributed by atoms with van der Waals surface area (Å²) in [5.41, 5.74) is 3.30. The van der Waals surface area contributed by atoms with E-state index in [9.17, 15) is 0 Å². The lowest BCUT2D eigenvalue weighted by Gasteiger charge is -2.33. The van der Waals surface area contributed by atoms with Crippen LogP contribution in [0.3, 0.4) is 0 Å². The summed E-state index contributed by atoms with van der Waals surface area (Å²) in [6.07, 6.45) is 6.11. The molecule has 0 bridgehead atoms. The van der Waals surface area contributed by atoms with Gasteiger partial charge in [0.1, 0.15) is 0 Å². The molecule has 0 aliphatic carbocycles. The molecule has 1 aliphatic rings. The van der Waals surface area contributed by atoms with Gasteiger partial charge >= 0.3 is 0 Å². The minimum Gasteiger partial charge on any atom is -0.354 e. The van der Waals surface area contributed by atoms with Gasteiger partial charge in [-0.1, -0.05) is 23.8 Å². The number of aliphatic imine (C=N–C) groups is 1. The second-order valence-electron chi connectivity index (χ2n) is 7.35. The quantitative estimate of drug-likeness (QED) is 0.444. The zero-order chi connectivity index (χ0) is 19.9. The molecule has 0 spiro atoms. The molecule has 0 radical (unpaired) electrons. The van der Waals surface area contributed by atoms with Crippen LogP contribution in [-0.4, -0.2) is 53.4 Å². The number of halogens is 1. The molecule has 1 aromatic carbocycles. The van der Waals surface area contributed by atoms with Gasteiger partial charge < -0.3 is 10.6 Å². The maximum absolute atomic E-state index is 5.95. The van der Waals surface area contributed by atoms with Crippen molar-refractivity contribution in [3.05, 3.63) is 59.4 Å². The Balaban J connectivity index is 1.47. The van der Waals surface area contributed by atoms with Crippen molar-refractivity contribution >= 4 is 17.6 Å². The Morgan fingerprint density at radius 1 is 1.29 bits per heavy atom. The average Bonchev–Trinajstić information content (AvgIpc) is 3.15. The van der Waals surface area contributed by atoms with E-state index >= 15 is 0 Å². The maximum Gasteiger partial charge on any atom is 0.191 e. The van der Waals surface area contributed by atoms with E-state index in [2.05, 4.69) is 39.1 Å². The van der Waals surface area contributed by atoms with E-state index in [-0.39, 0.29) is 0 Å². The summed E-state index contributed by atoms with van der Waals surface area (Å²) >= 11 is 5.95. The van der Waals surface area contributed by atoms with E-state index in [1.54, 1.807) is 0 Å². The molecule has 150 valence electrons. The Bertz CT molecular complexity index is 803. The van der Waals surface area contributed by atoms with Crippen molar-refractivity contribution in [1.29, 1.82) is 0 Å². The van der Waals surface area contributed by atoms with Crippen molar-refractivity contribution in [2.75, 3.05) is 26.7 Å². The highest BCUT2D eigenvalue weighted by atomic mass is 35.5. The number of hydrogen-bond acceptors (Lipinski definition) is 3. The van der Waals surface area contributed by atoms with E-state index in [1.165, 1.54) is 5.57 Å². The minimum atomic E-state index is 0.448. The first kappa shape index (κ1) is 20.4. The topological polar surface area (TPSA) is 57.5 Å². The van der Waals surface area contributed by atoms with Crippen LogP contribution in [0.15, 0.2) is 53.8 Å². The second-order valence-corrected chi connectivity index (χ2v) is 7.78. The van der Waals surface area contributed by atoms with Crippen molar-refractivity contribution in [1.82, 2.24) is 25.3 Å². The molecule has 1 saturated heterocycles. The first-order chi connectivity index (χ1) is 13.5. The molecule has 1 aliphatic heterocycles. The SMILES string of the molecule is C=C(C)CN1CCC(NC(=NC)NCc2cnn(-c3ccc(Cl)cc3)c2)CC1. The number of piperidine rings is 1. The zero-order valence-corrected chi connectivity index (χ0v) is 17.4. The molecule has 0 unspecified atom stereocenters. The Morgan fingerprint density at radius 2 is 2.00 bits per heavy atom. The smallest absolute Gasteiger partial charge is 0.191 e. The third-order valence-electron chi connectivity index (χ3n) is 4.83. The second kappa shape index (κ2) is 9.75. The lowest BCUT2D eigenvalue weighted by Crippen LogP contribution is -2.48. The van der Waals surface area contributed by atoms with Crippen molar-refractivity contribution in [2.45, 2.75) is 32.4 Å². The molecule has 0 atom stereocenters. The highest BCUT2D eigenvalue weighted by Crippen LogP contribution is 2.14. The molecule has 28 heavy (non-hydrogen) atoms. The van der Waals surface area contributed by atoms with Crippen LogP contribution in [0.2, 0.25) is 5.02 Å². The standard InChI is InChI=1S/C21H29ClN6/c1-16(2)14-27-10-8-19(9-11-27)26-21(23-3)24-12-17-13-25-28(15-17)20-6-4-18(22)5-7-20/h4-7,13,15,19H,1,8-12,14H2,2-3H3,(H2,23,24,26). The van der Waals surface area contributed by atoms with Crippen LogP contribution in [-0.2, 0) is 6.54 Å². The van der Waals surface area contributed by atoms with Crippen molar-refractivity contribution in [2.24, 2.45) is 4.99 Å². The number of benzene rings is 1. The zero-order valence-electron chi connectivity index (χ0n) is 16.7. The number of rotatable bonds is 6. The van der Waals surface area contributed by atoms with Crippen LogP contribution in [0.4, 0.5) is 0 Å². The number of nitrogens with zero attached hydrogens (tertiary/aromatic N) is 4. The Hall–Kier alpha value is -2.31. The first-order valence-corrected chi connectivity index (χ1v) is 10.0. The normalized spacial score (nSPS) is 16.2. The highest BCUT2D eigenvalue weighted by molar-refractivity contribution is 6.30. The summed E-state index contributed by atoms with van der Waals surface area (Å²) in [4.78, 5) is 6.82. The molecular formula is C21H29ClN6. The van der Waals surface area contributed by atoms with Crippen LogP contribution in [0.1, 0.15) is 25.3 Å². The van der Waals surface area contributed by atoms with Crippen LogP contribution in [0.5, 0.6) is 0 Å². The predicted octanol–water partition coefficient (Wildman–Crippen LogP) is 3.23. The molecule has 0 saturated carbocycles. The van der Waals surface area contributed by atoms with Crippen LogP contribution < -0.4 is 10.6 Å². The number of hydrogen-bond donors (Lipinski definition) is 2. The average molecular weight is 401 g/mol. The molecule has 2 aromatic rings. The van der Waals surface area contributed by atoms with Gasteiger partial charge in [0, 0.05) is 56.1 Å². The molecule has 3 rings (SSSR count). The third kappa shape index (κ3) is 5.84. The monoisotopic (exact) mass is 400 g/mol. The van der Waals surface area contributed by atoms with Gasteiger partial charge in [0.2, 0.25) is 0 Å². The van der Waals surface area contributed by atoms with E-state index in [1.807, 2.05) is 48.4 Å². The number of likely N-dealkylation sites (tertiary alicyclic amines) is 1. The summed E-state index contributed by atoms with van der Waals surface area (Å²) < 4.78 is 1.85. The minimum absolute atomic E-state index is 0.448. The number of guanidine groups is 1. The largest absolute Gasteiger partial charge is 0.354 e. The Labute approximate surface area is 172 Å². The first-order valence-electron chi connectivity index (χ1n) is 9.67. The number of aromatic nitrogens is 2. The third-order valence-corrected chi connectivity index (χ3v) is 5.08. The number of nitrogens with one attached hydrogen (secondary N) is 2. The van der Waals surface area contributed by atoms with Gasteiger partial charge in [0.15, 0.2) is 5.96 Å². The van der Waals surface area contributed by atoms with E-state index in [4.69, 9.17) is 11.6 Å². The van der Waals surface area contributed by atoms with Crippen LogP contribution >= 0.6 is 11.6 Å². The molecule has 1 fully saturated rings. The fourth-order valence-electron chi connectivity index (χ4n) is 3.38. The van der Waals surface area contributed by atoms with Gasteiger partial charge in [-0.05, 0) is 44.0 Å². The lowest BCUT2D eigenvalue weighted by molar-refractivity contribution is 0.221. The molecule has 7 heteroatoms. The summed E-state index contributed by atoms with van der Waals surface area (Å²) in [5, 5.41) is 12.1. The molecule has 2 N–H and O–H groups in total. The highest BCUT2D eigenvalue weighted by Gasteiger charge is 2.19. The maximum atomic E-state index is 5.95. The summed E-state index contributed by atoms with van der Waals surface area (Å²) in [5.74, 6) is 0.831. The fraction of sp³-hybridized carbons (Fsp3) is 0.429. The van der Waals surface area contributed by atoms with Crippen molar-refractivity contribution < 1.29 is 0 Å². The lowest BCUT2D eigenvalue weighted by atomic mass is 10.0. The molecule has 2 heterocycles. The van der Waals surface area contributed by atoms with Gasteiger partial charge in [-0.25, -0.2) is 4.68 Å². The van der Waals surface area contributed by atoms with Crippen LogP contribution in [0, 0.1) is 0 Å². The van der Waals surface area contributed by atoms with E-state index < -0.39 is 0 Å². The summed E-state index contributed by atoms with van der Waals surface area (Å²) in [6.45, 7) is 9.95. The predicted molar refractivity (Wildman–Crippen MR) is 116 cm³/mol. The van der Waals surface area contributed by atoms with Crippen LogP contribution in [0.25, 0.3) is 5.69 Å². The summed E-state index contributed by atoms with van der Waals surface area (Å²) in [6, 6.07) is 8.08. The van der Waals surface area contributed by atoms with Gasteiger partial charge in [-0.2, -0.15) is 5.10 Å². The Kier molecular flexibility index (Phi) is 7.12. The van der Waals surface area contributed by atoms with Gasteiger partial charge in [-0.15, -0.1) is 0 Å². The van der Waals surface area contributed by atoms with E-state index in [0.29, 0.717) is 12.6 Å². The molecule has 6 nitrogen and oxygen atoms in total. The molecule has 0 amide bonds. The van der Waals surface area contributed by atoms with Gasteiger partial charge in [0.25, 0.3) is 0 Å². The fourth-order valence-corrected chi connectivity index (χ4v) is 3.50. The van der Waals surface area contributed by atoms with Crippen molar-refractivity contribution in [3.8, 4) is 5.69 Å². The van der Waals surface area contributed by atoms with Gasteiger partial charge in [-0.3, -0.25) is 9.89 Å². The Morgan fingerprint density at radius 3 is 2.64 bits per heavy atom. The van der Waals surface area contributed by atoms with Gasteiger partial charge in [0.05, 0.1) is 11.9 Å². The molecular weight excluding hydrogens is 372 g/mol.